The quantitative estimate of drug-likeness (QED) is 0.680. The van der Waals surface area contributed by atoms with E-state index in [9.17, 15) is 14.7 Å². The van der Waals surface area contributed by atoms with Gasteiger partial charge >= 0.3 is 6.09 Å². The first-order valence-corrected chi connectivity index (χ1v) is 7.22. The van der Waals surface area contributed by atoms with Gasteiger partial charge in [-0.05, 0) is 5.41 Å². The molecule has 0 saturated carbocycles. The van der Waals surface area contributed by atoms with Gasteiger partial charge < -0.3 is 25.2 Å². The largest absolute Gasteiger partial charge is 0.465 e. The first-order chi connectivity index (χ1) is 9.62. The van der Waals surface area contributed by atoms with Gasteiger partial charge in [0.1, 0.15) is 12.1 Å². The Balaban J connectivity index is 2.22. The van der Waals surface area contributed by atoms with Crippen LogP contribution in [0.2, 0.25) is 0 Å². The Morgan fingerprint density at radius 3 is 2.52 bits per heavy atom. The van der Waals surface area contributed by atoms with Crippen molar-refractivity contribution in [3.05, 3.63) is 0 Å². The number of rotatable bonds is 2. The number of amides is 2. The highest BCUT2D eigenvalue weighted by Gasteiger charge is 2.52. The van der Waals surface area contributed by atoms with Crippen LogP contribution in [0.25, 0.3) is 0 Å². The number of nitrogens with zero attached hydrogens (tertiary/aromatic N) is 1. The Morgan fingerprint density at radius 2 is 2.00 bits per heavy atom. The van der Waals surface area contributed by atoms with Gasteiger partial charge in [0.15, 0.2) is 0 Å². The third-order valence-corrected chi connectivity index (χ3v) is 4.26. The normalized spacial score (nSPS) is 33.7. The van der Waals surface area contributed by atoms with E-state index in [-0.39, 0.29) is 30.6 Å². The summed E-state index contributed by atoms with van der Waals surface area (Å²) >= 11 is 0. The second-order valence-corrected chi connectivity index (χ2v) is 7.07. The monoisotopic (exact) mass is 300 g/mol. The summed E-state index contributed by atoms with van der Waals surface area (Å²) in [4.78, 5) is 25.4. The van der Waals surface area contributed by atoms with Crippen LogP contribution < -0.4 is 5.32 Å². The van der Waals surface area contributed by atoms with E-state index in [1.165, 1.54) is 0 Å². The summed E-state index contributed by atoms with van der Waals surface area (Å²) in [5.41, 5.74) is -0.554. The molecule has 2 aliphatic rings. The fourth-order valence-corrected chi connectivity index (χ4v) is 3.22. The highest BCUT2D eigenvalue weighted by atomic mass is 16.5. The lowest BCUT2D eigenvalue weighted by Gasteiger charge is -2.35. The third-order valence-electron chi connectivity index (χ3n) is 4.26. The van der Waals surface area contributed by atoms with Crippen LogP contribution in [0.5, 0.6) is 0 Å². The summed E-state index contributed by atoms with van der Waals surface area (Å²) in [7, 11) is 0. The lowest BCUT2D eigenvalue weighted by atomic mass is 9.85. The SMILES string of the molecule is C[C@@H]1CN(C(=O)[C@@H](NC(=O)O)C(C)(C)C)[C@H]2[C@@H]1OC[C@@H]2O. The van der Waals surface area contributed by atoms with E-state index < -0.39 is 23.7 Å². The molecule has 2 heterocycles. The van der Waals surface area contributed by atoms with Crippen molar-refractivity contribution in [2.45, 2.75) is 52.0 Å². The molecule has 2 saturated heterocycles. The topological polar surface area (TPSA) is 99.1 Å². The molecule has 0 aliphatic carbocycles. The first kappa shape index (κ1) is 16.0. The Labute approximate surface area is 124 Å². The predicted octanol–water partition coefficient (Wildman–Crippen LogP) is 0.275. The van der Waals surface area contributed by atoms with Crippen LogP contribution in [0, 0.1) is 11.3 Å². The summed E-state index contributed by atoms with van der Waals surface area (Å²) in [5, 5.41) is 21.3. The van der Waals surface area contributed by atoms with Gasteiger partial charge in [-0.2, -0.15) is 0 Å². The fraction of sp³-hybridized carbons (Fsp3) is 0.857. The number of carboxylic acid groups (broad SMARTS) is 1. The molecule has 0 unspecified atom stereocenters. The van der Waals surface area contributed by atoms with Crippen molar-refractivity contribution in [3.63, 3.8) is 0 Å². The van der Waals surface area contributed by atoms with E-state index >= 15 is 0 Å². The summed E-state index contributed by atoms with van der Waals surface area (Å²) in [6.45, 7) is 8.09. The Kier molecular flexibility index (Phi) is 4.17. The van der Waals surface area contributed by atoms with E-state index in [1.54, 1.807) is 4.90 Å². The third kappa shape index (κ3) is 2.98. The summed E-state index contributed by atoms with van der Waals surface area (Å²) < 4.78 is 5.55. The predicted molar refractivity (Wildman–Crippen MR) is 74.8 cm³/mol. The molecule has 7 heteroatoms. The van der Waals surface area contributed by atoms with Crippen LogP contribution in [-0.2, 0) is 9.53 Å². The number of fused-ring (bicyclic) bond motifs is 1. The standard InChI is InChI=1S/C14H24N2O5/c1-7-5-16(9-8(17)6-21-10(7)9)12(18)11(14(2,3)4)15-13(19)20/h7-11,15,17H,5-6H2,1-4H3,(H,19,20)/t7-,8+,9-,10-,11-/m1/s1. The maximum absolute atomic E-state index is 12.8. The smallest absolute Gasteiger partial charge is 0.405 e. The average molecular weight is 300 g/mol. The highest BCUT2D eigenvalue weighted by molar-refractivity contribution is 5.86. The molecule has 0 aromatic heterocycles. The summed E-state index contributed by atoms with van der Waals surface area (Å²) in [5.74, 6) is -0.171. The van der Waals surface area contributed by atoms with Crippen LogP contribution in [-0.4, -0.2) is 64.6 Å². The minimum atomic E-state index is -1.23. The van der Waals surface area contributed by atoms with E-state index in [1.807, 2.05) is 27.7 Å². The maximum atomic E-state index is 12.8. The number of aliphatic hydroxyl groups excluding tert-OH is 1. The van der Waals surface area contributed by atoms with Gasteiger partial charge in [-0.3, -0.25) is 4.79 Å². The van der Waals surface area contributed by atoms with Crippen LogP contribution >= 0.6 is 0 Å². The molecule has 2 amide bonds. The molecule has 5 atom stereocenters. The van der Waals surface area contributed by atoms with Gasteiger partial charge in [-0.25, -0.2) is 4.79 Å². The molecular formula is C14H24N2O5. The second kappa shape index (κ2) is 5.46. The van der Waals surface area contributed by atoms with Gasteiger partial charge in [0.25, 0.3) is 0 Å². The molecule has 2 rings (SSSR count). The molecule has 2 aliphatic heterocycles. The number of hydrogen-bond donors (Lipinski definition) is 3. The molecule has 3 N–H and O–H groups in total. The van der Waals surface area contributed by atoms with Crippen molar-refractivity contribution in [2.75, 3.05) is 13.2 Å². The fourth-order valence-electron chi connectivity index (χ4n) is 3.22. The number of likely N-dealkylation sites (tertiary alicyclic amines) is 1. The van der Waals surface area contributed by atoms with Gasteiger partial charge in [0.2, 0.25) is 5.91 Å². The minimum absolute atomic E-state index is 0.126. The van der Waals surface area contributed by atoms with Gasteiger partial charge in [0, 0.05) is 12.5 Å². The summed E-state index contributed by atoms with van der Waals surface area (Å²) in [6, 6.07) is -1.23. The van der Waals surface area contributed by atoms with Crippen molar-refractivity contribution < 1.29 is 24.5 Å². The van der Waals surface area contributed by atoms with E-state index in [0.29, 0.717) is 6.54 Å². The molecule has 0 bridgehead atoms. The highest BCUT2D eigenvalue weighted by Crippen LogP contribution is 2.35. The van der Waals surface area contributed by atoms with Crippen molar-refractivity contribution in [3.8, 4) is 0 Å². The van der Waals surface area contributed by atoms with Crippen LogP contribution in [0.1, 0.15) is 27.7 Å². The zero-order valence-corrected chi connectivity index (χ0v) is 12.9. The van der Waals surface area contributed by atoms with Crippen molar-refractivity contribution >= 4 is 12.0 Å². The number of aliphatic hydroxyl groups is 1. The molecule has 21 heavy (non-hydrogen) atoms. The van der Waals surface area contributed by atoms with Crippen molar-refractivity contribution in [1.82, 2.24) is 10.2 Å². The zero-order chi connectivity index (χ0) is 15.9. The maximum Gasteiger partial charge on any atom is 0.405 e. The lowest BCUT2D eigenvalue weighted by molar-refractivity contribution is -0.138. The second-order valence-electron chi connectivity index (χ2n) is 7.07. The number of hydrogen-bond acceptors (Lipinski definition) is 4. The van der Waals surface area contributed by atoms with Gasteiger partial charge in [-0.1, -0.05) is 27.7 Å². The van der Waals surface area contributed by atoms with Crippen LogP contribution in [0.15, 0.2) is 0 Å². The number of carbonyl (C=O) groups excluding carboxylic acids is 1. The van der Waals surface area contributed by atoms with E-state index in [0.717, 1.165) is 0 Å². The Hall–Kier alpha value is -1.34. The molecule has 0 aromatic carbocycles. The van der Waals surface area contributed by atoms with E-state index in [2.05, 4.69) is 5.32 Å². The number of ether oxygens (including phenoxy) is 1. The molecular weight excluding hydrogens is 276 g/mol. The van der Waals surface area contributed by atoms with Crippen LogP contribution in [0.3, 0.4) is 0 Å². The minimum Gasteiger partial charge on any atom is -0.465 e. The molecule has 120 valence electrons. The van der Waals surface area contributed by atoms with Crippen molar-refractivity contribution in [1.29, 1.82) is 0 Å². The summed E-state index contributed by atoms with van der Waals surface area (Å²) in [6.07, 6.45) is -2.11. The number of carbonyl (C=O) groups is 2. The van der Waals surface area contributed by atoms with Crippen LogP contribution in [0.4, 0.5) is 4.79 Å². The van der Waals surface area contributed by atoms with Gasteiger partial charge in [0.05, 0.1) is 18.8 Å². The molecule has 0 aromatic rings. The number of nitrogens with one attached hydrogen (secondary N) is 1. The molecule has 7 nitrogen and oxygen atoms in total. The molecule has 0 spiro atoms. The van der Waals surface area contributed by atoms with E-state index in [4.69, 9.17) is 9.84 Å². The molecule has 0 radical (unpaired) electrons. The zero-order valence-electron chi connectivity index (χ0n) is 12.9. The Morgan fingerprint density at radius 1 is 1.38 bits per heavy atom. The lowest BCUT2D eigenvalue weighted by Crippen LogP contribution is -2.57. The molecule has 2 fully saturated rings. The Bertz CT molecular complexity index is 434. The first-order valence-electron chi connectivity index (χ1n) is 7.22. The van der Waals surface area contributed by atoms with Crippen molar-refractivity contribution in [2.24, 2.45) is 11.3 Å². The average Bonchev–Trinajstić information content (AvgIpc) is 2.87. The van der Waals surface area contributed by atoms with Gasteiger partial charge in [-0.15, -0.1) is 0 Å².